The SMILES string of the molecule is O=C(CC1CSCCN1)Nc1ccc(C(=O)N2CCOCC2)c(Cl)c1. The molecule has 1 unspecified atom stereocenters. The summed E-state index contributed by atoms with van der Waals surface area (Å²) in [6.07, 6.45) is 0.430. The van der Waals surface area contributed by atoms with E-state index in [1.54, 1.807) is 23.1 Å². The van der Waals surface area contributed by atoms with Gasteiger partial charge in [0.05, 0.1) is 23.8 Å². The number of rotatable bonds is 4. The van der Waals surface area contributed by atoms with Gasteiger partial charge in [-0.05, 0) is 18.2 Å². The molecule has 1 aromatic rings. The van der Waals surface area contributed by atoms with Gasteiger partial charge in [-0.15, -0.1) is 0 Å². The summed E-state index contributed by atoms with van der Waals surface area (Å²) in [5.41, 5.74) is 1.06. The van der Waals surface area contributed by atoms with Crippen LogP contribution < -0.4 is 10.6 Å². The minimum Gasteiger partial charge on any atom is -0.378 e. The molecule has 136 valence electrons. The van der Waals surface area contributed by atoms with Crippen LogP contribution in [0.25, 0.3) is 0 Å². The molecule has 1 atom stereocenters. The van der Waals surface area contributed by atoms with Crippen LogP contribution in [0.2, 0.25) is 5.02 Å². The number of carbonyl (C=O) groups excluding carboxylic acids is 2. The van der Waals surface area contributed by atoms with Gasteiger partial charge in [0.25, 0.3) is 5.91 Å². The van der Waals surface area contributed by atoms with Crippen molar-refractivity contribution in [2.75, 3.05) is 49.7 Å². The van der Waals surface area contributed by atoms with E-state index in [-0.39, 0.29) is 17.9 Å². The van der Waals surface area contributed by atoms with Gasteiger partial charge in [0, 0.05) is 49.3 Å². The van der Waals surface area contributed by atoms with E-state index in [9.17, 15) is 9.59 Å². The number of hydrogen-bond acceptors (Lipinski definition) is 5. The van der Waals surface area contributed by atoms with Crippen molar-refractivity contribution in [1.29, 1.82) is 0 Å². The molecule has 2 fully saturated rings. The van der Waals surface area contributed by atoms with Gasteiger partial charge < -0.3 is 20.3 Å². The van der Waals surface area contributed by atoms with Crippen molar-refractivity contribution < 1.29 is 14.3 Å². The fourth-order valence-electron chi connectivity index (χ4n) is 2.89. The van der Waals surface area contributed by atoms with Gasteiger partial charge in [0.1, 0.15) is 0 Å². The normalized spacial score (nSPS) is 21.0. The second kappa shape index (κ2) is 8.89. The number of benzene rings is 1. The fourth-order valence-corrected chi connectivity index (χ4v) is 4.10. The standard InChI is InChI=1S/C17H22ClN3O3S/c18-15-9-12(20-16(22)10-13-11-25-8-3-19-13)1-2-14(15)17(23)21-4-6-24-7-5-21/h1-2,9,13,19H,3-8,10-11H2,(H,20,22). The number of ether oxygens (including phenoxy) is 1. The number of thioether (sulfide) groups is 1. The Morgan fingerprint density at radius 1 is 1.36 bits per heavy atom. The lowest BCUT2D eigenvalue weighted by Gasteiger charge is -2.27. The van der Waals surface area contributed by atoms with Crippen LogP contribution in [0.1, 0.15) is 16.8 Å². The van der Waals surface area contributed by atoms with Gasteiger partial charge in [-0.25, -0.2) is 0 Å². The highest BCUT2D eigenvalue weighted by atomic mass is 35.5. The highest BCUT2D eigenvalue weighted by molar-refractivity contribution is 7.99. The number of halogens is 1. The molecule has 6 nitrogen and oxygen atoms in total. The molecule has 0 radical (unpaired) electrons. The van der Waals surface area contributed by atoms with Crippen molar-refractivity contribution in [1.82, 2.24) is 10.2 Å². The van der Waals surface area contributed by atoms with E-state index in [2.05, 4.69) is 10.6 Å². The predicted octanol–water partition coefficient (Wildman–Crippen LogP) is 1.85. The van der Waals surface area contributed by atoms with Crippen LogP contribution in [0.5, 0.6) is 0 Å². The molecule has 25 heavy (non-hydrogen) atoms. The van der Waals surface area contributed by atoms with Gasteiger partial charge in [-0.1, -0.05) is 11.6 Å². The fraction of sp³-hybridized carbons (Fsp3) is 0.529. The molecule has 2 heterocycles. The van der Waals surface area contributed by atoms with Crippen molar-refractivity contribution in [3.8, 4) is 0 Å². The van der Waals surface area contributed by atoms with E-state index >= 15 is 0 Å². The second-order valence-electron chi connectivity index (χ2n) is 6.08. The summed E-state index contributed by atoms with van der Waals surface area (Å²) in [7, 11) is 0. The first-order valence-corrected chi connectivity index (χ1v) is 9.94. The number of hydrogen-bond donors (Lipinski definition) is 2. The molecule has 0 aliphatic carbocycles. The first-order valence-electron chi connectivity index (χ1n) is 8.41. The highest BCUT2D eigenvalue weighted by Crippen LogP contribution is 2.23. The minimum atomic E-state index is -0.102. The largest absolute Gasteiger partial charge is 0.378 e. The molecule has 0 spiro atoms. The maximum atomic E-state index is 12.5. The third kappa shape index (κ3) is 5.10. The highest BCUT2D eigenvalue weighted by Gasteiger charge is 2.21. The smallest absolute Gasteiger partial charge is 0.255 e. The van der Waals surface area contributed by atoms with Gasteiger partial charge in [-0.3, -0.25) is 9.59 Å². The van der Waals surface area contributed by atoms with Crippen LogP contribution in [-0.2, 0) is 9.53 Å². The Labute approximate surface area is 156 Å². The monoisotopic (exact) mass is 383 g/mol. The van der Waals surface area contributed by atoms with E-state index in [0.29, 0.717) is 49.0 Å². The summed E-state index contributed by atoms with van der Waals surface area (Å²) in [5.74, 6) is 1.88. The van der Waals surface area contributed by atoms with Crippen molar-refractivity contribution in [2.24, 2.45) is 0 Å². The molecular formula is C17H22ClN3O3S. The van der Waals surface area contributed by atoms with Crippen LogP contribution in [-0.4, -0.2) is 67.1 Å². The Balaban J connectivity index is 1.59. The Morgan fingerprint density at radius 2 is 2.16 bits per heavy atom. The Bertz CT molecular complexity index is 632. The van der Waals surface area contributed by atoms with Crippen molar-refractivity contribution in [3.05, 3.63) is 28.8 Å². The Morgan fingerprint density at radius 3 is 2.84 bits per heavy atom. The maximum absolute atomic E-state index is 12.5. The van der Waals surface area contributed by atoms with Crippen molar-refractivity contribution in [2.45, 2.75) is 12.5 Å². The molecule has 2 aliphatic rings. The lowest BCUT2D eigenvalue weighted by Crippen LogP contribution is -2.40. The predicted molar refractivity (Wildman–Crippen MR) is 101 cm³/mol. The summed E-state index contributed by atoms with van der Waals surface area (Å²) in [5, 5.41) is 6.55. The number of nitrogens with zero attached hydrogens (tertiary/aromatic N) is 1. The number of carbonyl (C=O) groups is 2. The molecular weight excluding hydrogens is 362 g/mol. The van der Waals surface area contributed by atoms with Crippen LogP contribution >= 0.6 is 23.4 Å². The summed E-state index contributed by atoms with van der Waals surface area (Å²) in [6, 6.07) is 5.23. The summed E-state index contributed by atoms with van der Waals surface area (Å²) < 4.78 is 5.26. The molecule has 1 aromatic carbocycles. The molecule has 8 heteroatoms. The average molecular weight is 384 g/mol. The number of morpholine rings is 1. The number of nitrogens with one attached hydrogen (secondary N) is 2. The topological polar surface area (TPSA) is 70.7 Å². The van der Waals surface area contributed by atoms with E-state index in [1.165, 1.54) is 0 Å². The van der Waals surface area contributed by atoms with E-state index < -0.39 is 0 Å². The zero-order valence-corrected chi connectivity index (χ0v) is 15.5. The molecule has 0 bridgehead atoms. The number of anilines is 1. The maximum Gasteiger partial charge on any atom is 0.255 e. The van der Waals surface area contributed by atoms with E-state index in [0.717, 1.165) is 18.1 Å². The lowest BCUT2D eigenvalue weighted by molar-refractivity contribution is -0.116. The molecule has 2 aliphatic heterocycles. The van der Waals surface area contributed by atoms with Crippen LogP contribution in [0, 0.1) is 0 Å². The third-order valence-corrected chi connectivity index (χ3v) is 5.66. The van der Waals surface area contributed by atoms with Crippen LogP contribution in [0.3, 0.4) is 0 Å². The van der Waals surface area contributed by atoms with Crippen LogP contribution in [0.4, 0.5) is 5.69 Å². The van der Waals surface area contributed by atoms with Gasteiger partial charge in [0.15, 0.2) is 0 Å². The first-order chi connectivity index (χ1) is 12.1. The first kappa shape index (κ1) is 18.5. The second-order valence-corrected chi connectivity index (χ2v) is 7.63. The van der Waals surface area contributed by atoms with E-state index in [1.807, 2.05) is 11.8 Å². The molecule has 0 saturated carbocycles. The molecule has 3 rings (SSSR count). The molecule has 2 amide bonds. The lowest BCUT2D eigenvalue weighted by atomic mass is 10.1. The third-order valence-electron chi connectivity index (χ3n) is 4.21. The van der Waals surface area contributed by atoms with Crippen LogP contribution in [0.15, 0.2) is 18.2 Å². The van der Waals surface area contributed by atoms with Gasteiger partial charge in [-0.2, -0.15) is 11.8 Å². The van der Waals surface area contributed by atoms with Gasteiger partial charge >= 0.3 is 0 Å². The van der Waals surface area contributed by atoms with E-state index in [4.69, 9.17) is 16.3 Å². The average Bonchev–Trinajstić information content (AvgIpc) is 2.63. The summed E-state index contributed by atoms with van der Waals surface area (Å²) in [6.45, 7) is 3.17. The number of amides is 2. The summed E-state index contributed by atoms with van der Waals surface area (Å²) in [4.78, 5) is 26.4. The Hall–Kier alpha value is -1.28. The molecule has 2 saturated heterocycles. The quantitative estimate of drug-likeness (QED) is 0.830. The zero-order chi connectivity index (χ0) is 17.6. The van der Waals surface area contributed by atoms with Gasteiger partial charge in [0.2, 0.25) is 5.91 Å². The van der Waals surface area contributed by atoms with Crippen molar-refractivity contribution in [3.63, 3.8) is 0 Å². The van der Waals surface area contributed by atoms with Crippen molar-refractivity contribution >= 4 is 40.9 Å². The minimum absolute atomic E-state index is 0.0525. The Kier molecular flexibility index (Phi) is 6.58. The molecule has 0 aromatic heterocycles. The summed E-state index contributed by atoms with van der Waals surface area (Å²) >= 11 is 8.13. The zero-order valence-electron chi connectivity index (χ0n) is 13.9. The molecule has 2 N–H and O–H groups in total.